The van der Waals surface area contributed by atoms with Crippen LogP contribution >= 0.6 is 11.8 Å². The first-order valence-electron chi connectivity index (χ1n) is 21.2. The Hall–Kier alpha value is -8.94. The van der Waals surface area contributed by atoms with Crippen LogP contribution in [0, 0.1) is 24.0 Å². The number of nitrogen functional groups attached to an aromatic ring is 1. The monoisotopic (exact) mass is 1040 g/mol. The van der Waals surface area contributed by atoms with Gasteiger partial charge in [0.1, 0.15) is 26.9 Å². The molecule has 9 N–H and O–H groups in total. The minimum absolute atomic E-state index is 0.0274. The van der Waals surface area contributed by atoms with Gasteiger partial charge < -0.3 is 27.0 Å². The van der Waals surface area contributed by atoms with Gasteiger partial charge >= 0.3 is 0 Å². The number of anilines is 2. The lowest BCUT2D eigenvalue weighted by Gasteiger charge is -2.14. The Morgan fingerprint density at radius 3 is 1.53 bits per heavy atom. The summed E-state index contributed by atoms with van der Waals surface area (Å²) in [6.45, 7) is 4.04. The molecule has 0 atom stereocenters. The van der Waals surface area contributed by atoms with E-state index in [4.69, 9.17) is 11.5 Å². The van der Waals surface area contributed by atoms with E-state index in [1.165, 1.54) is 36.0 Å². The number of hydrogen-bond donors (Lipinski definition) is 7. The van der Waals surface area contributed by atoms with Crippen LogP contribution in [-0.2, 0) is 20.2 Å². The minimum Gasteiger partial charge on any atom is -0.508 e. The molecule has 370 valence electrons. The summed E-state index contributed by atoms with van der Waals surface area (Å²) in [6.07, 6.45) is 0. The molecule has 0 heterocycles. The molecule has 0 fully saturated rings. The summed E-state index contributed by atoms with van der Waals surface area (Å²) in [7, 11) is -10.2. The van der Waals surface area contributed by atoms with E-state index >= 15 is 0 Å². The van der Waals surface area contributed by atoms with Crippen LogP contribution in [0.4, 0.5) is 56.9 Å². The highest BCUT2D eigenvalue weighted by Gasteiger charge is 2.28. The molecule has 73 heavy (non-hydrogen) atoms. The fraction of sp³-hybridized carbons (Fsp3) is 0.0408. The van der Waals surface area contributed by atoms with E-state index in [1.54, 1.807) is 48.5 Å². The van der Waals surface area contributed by atoms with Crippen molar-refractivity contribution in [1.82, 2.24) is 0 Å². The van der Waals surface area contributed by atoms with Gasteiger partial charge in [0, 0.05) is 27.6 Å². The molecule has 0 aliphatic carbocycles. The van der Waals surface area contributed by atoms with Gasteiger partial charge in [-0.3, -0.25) is 19.2 Å². The SMILES string of the molecule is Cc1ccccc1N=C(N)Nc1ccccc1C.Nc1c(N=Nc2ccc([N+](=O)[O-])cc2)c(S(=O)(=O)O)cc2cc(S(=O)(=O)O)c(N=Nc3ccc(Sc4ccc(N=Nc5ccc(O)cc5)cc4)cc3)c(O)c12. The highest BCUT2D eigenvalue weighted by molar-refractivity contribution is 7.99. The lowest BCUT2D eigenvalue weighted by Crippen LogP contribution is -2.22. The number of phenolic OH excluding ortho intramolecular Hbond substituents is 2. The highest BCUT2D eigenvalue weighted by atomic mass is 32.2. The number of guanidine groups is 1. The van der Waals surface area contributed by atoms with Crippen molar-refractivity contribution >= 4 is 106 Å². The van der Waals surface area contributed by atoms with Gasteiger partial charge in [0.25, 0.3) is 25.9 Å². The number of nitro benzene ring substituents is 1. The Morgan fingerprint density at radius 2 is 1.04 bits per heavy atom. The van der Waals surface area contributed by atoms with E-state index < -0.39 is 57.8 Å². The number of nitrogens with zero attached hydrogens (tertiary/aromatic N) is 8. The number of nitro groups is 1. The van der Waals surface area contributed by atoms with Gasteiger partial charge in [0.05, 0.1) is 44.4 Å². The number of fused-ring (bicyclic) bond motifs is 1. The summed E-state index contributed by atoms with van der Waals surface area (Å²) in [5.74, 6) is -0.407. The van der Waals surface area contributed by atoms with Gasteiger partial charge in [-0.2, -0.15) is 37.3 Å². The molecule has 8 rings (SSSR count). The quantitative estimate of drug-likeness (QED) is 0.0107. The predicted molar refractivity (Wildman–Crippen MR) is 278 cm³/mol. The lowest BCUT2D eigenvalue weighted by molar-refractivity contribution is -0.384. The first kappa shape index (κ1) is 51.9. The molecule has 0 radical (unpaired) electrons. The smallest absolute Gasteiger partial charge is 0.296 e. The number of para-hydroxylation sites is 2. The van der Waals surface area contributed by atoms with Crippen LogP contribution in [0.2, 0.25) is 0 Å². The van der Waals surface area contributed by atoms with Gasteiger partial charge in [0.15, 0.2) is 11.7 Å². The second-order valence-corrected chi connectivity index (χ2v) is 19.4. The Kier molecular flexibility index (Phi) is 15.9. The second-order valence-electron chi connectivity index (χ2n) is 15.5. The van der Waals surface area contributed by atoms with E-state index in [2.05, 4.69) is 41.0 Å². The van der Waals surface area contributed by atoms with Crippen LogP contribution in [0.1, 0.15) is 11.1 Å². The zero-order chi connectivity index (χ0) is 52.5. The third-order valence-electron chi connectivity index (χ3n) is 10.3. The number of rotatable bonds is 13. The molecule has 0 saturated carbocycles. The average molecular weight is 1040 g/mol. The van der Waals surface area contributed by atoms with E-state index in [0.717, 1.165) is 56.6 Å². The van der Waals surface area contributed by atoms with Gasteiger partial charge in [-0.1, -0.05) is 48.2 Å². The van der Waals surface area contributed by atoms with Crippen LogP contribution in [0.25, 0.3) is 10.8 Å². The number of aromatic hydroxyl groups is 2. The van der Waals surface area contributed by atoms with Crippen LogP contribution in [-0.4, -0.2) is 47.0 Å². The molecule has 0 aliphatic heterocycles. The van der Waals surface area contributed by atoms with Crippen molar-refractivity contribution in [3.8, 4) is 11.5 Å². The normalized spacial score (nSPS) is 12.1. The number of nitrogens with one attached hydrogen (secondary N) is 1. The molecule has 0 unspecified atom stereocenters. The van der Waals surface area contributed by atoms with Crippen LogP contribution in [0.15, 0.2) is 213 Å². The number of azo groups is 3. The summed E-state index contributed by atoms with van der Waals surface area (Å²) < 4.78 is 69.5. The lowest BCUT2D eigenvalue weighted by atomic mass is 10.1. The topological polar surface area (TPSA) is 343 Å². The molecule has 0 amide bonds. The third-order valence-corrected chi connectivity index (χ3v) is 13.0. The number of aryl methyl sites for hydroxylation is 2. The van der Waals surface area contributed by atoms with Crippen molar-refractivity contribution in [3.05, 3.63) is 179 Å². The van der Waals surface area contributed by atoms with Crippen LogP contribution in [0.5, 0.6) is 11.5 Å². The standard InChI is InChI=1S/C34H24N8O10S3.C15H17N3/c35-31-30-19(17-28(54(47,48)49)32(31)40-38-20-1-9-24(10-2-20)42(45)46)18-29(55(50,51)52)33(34(30)44)41-39-23-7-15-27(16-8-23)53-26-13-5-22(6-14-26)37-36-21-3-11-25(43)12-4-21;1-11-7-3-5-9-13(11)17-15(16)18-14-10-6-4-8-12(14)2/h1-18,43-44H,35H2,(H,47,48,49)(H,50,51,52);3-10H,1-2H3,(H3,16,17,18). The van der Waals surface area contributed by atoms with Crippen molar-refractivity contribution in [2.75, 3.05) is 11.1 Å². The second kappa shape index (κ2) is 22.4. The Bertz CT molecular complexity index is 3710. The first-order valence-corrected chi connectivity index (χ1v) is 24.9. The van der Waals surface area contributed by atoms with Crippen molar-refractivity contribution in [3.63, 3.8) is 0 Å². The summed E-state index contributed by atoms with van der Waals surface area (Å²) >= 11 is 1.41. The molecule has 8 aromatic carbocycles. The molecule has 0 spiro atoms. The minimum atomic E-state index is -5.12. The van der Waals surface area contributed by atoms with Gasteiger partial charge in [-0.05, 0) is 140 Å². The summed E-state index contributed by atoms with van der Waals surface area (Å²) in [5, 5.41) is 57.9. The number of hydrogen-bond acceptors (Lipinski definition) is 17. The summed E-state index contributed by atoms with van der Waals surface area (Å²) in [5.41, 5.74) is 15.4. The Morgan fingerprint density at radius 1 is 0.603 bits per heavy atom. The molecular formula is C49H41N11O10S3. The fourth-order valence-electron chi connectivity index (χ4n) is 6.59. The number of benzene rings is 8. The van der Waals surface area contributed by atoms with Crippen molar-refractivity contribution in [2.24, 2.45) is 41.4 Å². The zero-order valence-corrected chi connectivity index (χ0v) is 40.7. The fourth-order valence-corrected chi connectivity index (χ4v) is 8.74. The Labute approximate surface area is 421 Å². The third kappa shape index (κ3) is 13.5. The molecule has 21 nitrogen and oxygen atoms in total. The molecule has 8 aromatic rings. The van der Waals surface area contributed by atoms with Gasteiger partial charge in [0.2, 0.25) is 0 Å². The van der Waals surface area contributed by atoms with E-state index in [1.807, 2.05) is 74.5 Å². The summed E-state index contributed by atoms with van der Waals surface area (Å²) in [4.78, 5) is 14.5. The maximum Gasteiger partial charge on any atom is 0.296 e. The van der Waals surface area contributed by atoms with Crippen molar-refractivity contribution < 1.29 is 41.1 Å². The molecule has 0 bridgehead atoms. The Balaban J connectivity index is 0.000000363. The summed E-state index contributed by atoms with van der Waals surface area (Å²) in [6, 6.07) is 42.1. The van der Waals surface area contributed by atoms with E-state index in [0.29, 0.717) is 17.3 Å². The number of nitrogens with two attached hydrogens (primary N) is 2. The first-order chi connectivity index (χ1) is 34.7. The average Bonchev–Trinajstić information content (AvgIpc) is 3.35. The van der Waals surface area contributed by atoms with Gasteiger partial charge in [-0.25, -0.2) is 4.99 Å². The van der Waals surface area contributed by atoms with Crippen molar-refractivity contribution in [2.45, 2.75) is 33.4 Å². The van der Waals surface area contributed by atoms with Gasteiger partial charge in [-0.15, -0.1) is 10.2 Å². The highest BCUT2D eigenvalue weighted by Crippen LogP contribution is 2.48. The van der Waals surface area contributed by atoms with Crippen LogP contribution < -0.4 is 16.8 Å². The van der Waals surface area contributed by atoms with Crippen LogP contribution in [0.3, 0.4) is 0 Å². The molecular weight excluding hydrogens is 999 g/mol. The maximum atomic E-state index is 12.4. The molecule has 0 aromatic heterocycles. The number of aliphatic imine (C=N–C) groups is 1. The molecule has 24 heteroatoms. The molecule has 0 saturated heterocycles. The number of phenols is 2. The largest absolute Gasteiger partial charge is 0.508 e. The van der Waals surface area contributed by atoms with Crippen molar-refractivity contribution in [1.29, 1.82) is 0 Å². The van der Waals surface area contributed by atoms with E-state index in [-0.39, 0.29) is 33.6 Å². The number of non-ortho nitro benzene ring substituents is 1. The maximum absolute atomic E-state index is 12.4. The van der Waals surface area contributed by atoms with E-state index in [9.17, 15) is 46.3 Å². The zero-order valence-electron chi connectivity index (χ0n) is 38.2. The predicted octanol–water partition coefficient (Wildman–Crippen LogP) is 13.0. The molecule has 0 aliphatic rings.